The molecule has 0 aliphatic rings. The Morgan fingerprint density at radius 1 is 1.16 bits per heavy atom. The van der Waals surface area contributed by atoms with Crippen molar-refractivity contribution in [3.05, 3.63) is 11.6 Å². The number of amides is 1. The molecule has 3 heteroatoms. The number of hydrogen-bond acceptors (Lipinski definition) is 2. The molecule has 1 unspecified atom stereocenters. The van der Waals surface area contributed by atoms with Gasteiger partial charge in [0.05, 0.1) is 5.92 Å². The second-order valence-electron chi connectivity index (χ2n) is 6.05. The quantitative estimate of drug-likeness (QED) is 0.686. The Labute approximate surface area is 117 Å². The molecule has 3 nitrogen and oxygen atoms in total. The lowest BCUT2D eigenvalue weighted by Crippen LogP contribution is -2.29. The van der Waals surface area contributed by atoms with Gasteiger partial charge in [-0.1, -0.05) is 39.3 Å². The molecule has 0 aromatic rings. The molecule has 0 heterocycles. The predicted octanol–water partition coefficient (Wildman–Crippen LogP) is 3.35. The first kappa shape index (κ1) is 17.9. The van der Waals surface area contributed by atoms with Crippen LogP contribution in [0, 0.1) is 17.8 Å². The van der Waals surface area contributed by atoms with Crippen LogP contribution in [0.25, 0.3) is 0 Å². The zero-order valence-corrected chi connectivity index (χ0v) is 13.2. The number of ketones is 1. The number of Topliss-reactive ketones (excluding diaryl/α,β-unsaturated/α-hetero) is 1. The first-order chi connectivity index (χ1) is 8.77. The van der Waals surface area contributed by atoms with Gasteiger partial charge in [0.2, 0.25) is 5.91 Å². The van der Waals surface area contributed by atoms with Crippen LogP contribution < -0.4 is 5.32 Å². The highest BCUT2D eigenvalue weighted by Crippen LogP contribution is 2.17. The second-order valence-corrected chi connectivity index (χ2v) is 6.05. The first-order valence-electron chi connectivity index (χ1n) is 7.18. The summed E-state index contributed by atoms with van der Waals surface area (Å²) >= 11 is 0. The fraction of sp³-hybridized carbons (Fsp3) is 0.750. The summed E-state index contributed by atoms with van der Waals surface area (Å²) in [4.78, 5) is 23.6. The average molecular weight is 267 g/mol. The van der Waals surface area contributed by atoms with Gasteiger partial charge in [-0.3, -0.25) is 9.59 Å². The molecule has 1 atom stereocenters. The lowest BCUT2D eigenvalue weighted by atomic mass is 9.91. The van der Waals surface area contributed by atoms with Crippen molar-refractivity contribution in [3.63, 3.8) is 0 Å². The molecule has 0 aliphatic carbocycles. The Morgan fingerprint density at radius 3 is 2.16 bits per heavy atom. The Kier molecular flexibility index (Phi) is 8.37. The van der Waals surface area contributed by atoms with E-state index < -0.39 is 0 Å². The SMILES string of the molecule is CNC(=O)C(/C=C(\C)CC(=O)CCC(C)C)C(C)C. The Hall–Kier alpha value is -1.12. The number of carbonyl (C=O) groups excluding carboxylic acids is 2. The molecule has 19 heavy (non-hydrogen) atoms. The van der Waals surface area contributed by atoms with Crippen LogP contribution >= 0.6 is 0 Å². The minimum Gasteiger partial charge on any atom is -0.359 e. The zero-order chi connectivity index (χ0) is 15.0. The van der Waals surface area contributed by atoms with Crippen molar-refractivity contribution < 1.29 is 9.59 Å². The maximum Gasteiger partial charge on any atom is 0.226 e. The van der Waals surface area contributed by atoms with Gasteiger partial charge in [0.15, 0.2) is 0 Å². The fourth-order valence-corrected chi connectivity index (χ4v) is 1.95. The zero-order valence-electron chi connectivity index (χ0n) is 13.2. The maximum atomic E-state index is 11.8. The summed E-state index contributed by atoms with van der Waals surface area (Å²) in [6.07, 6.45) is 3.98. The summed E-state index contributed by atoms with van der Waals surface area (Å²) in [6, 6.07) is 0. The molecular weight excluding hydrogens is 238 g/mol. The van der Waals surface area contributed by atoms with Crippen LogP contribution in [0.2, 0.25) is 0 Å². The van der Waals surface area contributed by atoms with Crippen molar-refractivity contribution in [1.82, 2.24) is 5.32 Å². The van der Waals surface area contributed by atoms with Gasteiger partial charge in [-0.25, -0.2) is 0 Å². The van der Waals surface area contributed by atoms with E-state index in [0.717, 1.165) is 12.0 Å². The highest BCUT2D eigenvalue weighted by atomic mass is 16.1. The molecule has 0 aliphatic heterocycles. The molecule has 0 aromatic carbocycles. The topological polar surface area (TPSA) is 46.2 Å². The van der Waals surface area contributed by atoms with Crippen LogP contribution in [0.3, 0.4) is 0 Å². The lowest BCUT2D eigenvalue weighted by Gasteiger charge is -2.16. The molecule has 0 bridgehead atoms. The third-order valence-corrected chi connectivity index (χ3v) is 3.21. The van der Waals surface area contributed by atoms with E-state index in [1.807, 2.05) is 26.8 Å². The Balaban J connectivity index is 4.51. The van der Waals surface area contributed by atoms with Crippen LogP contribution in [-0.2, 0) is 9.59 Å². The van der Waals surface area contributed by atoms with Crippen molar-refractivity contribution in [1.29, 1.82) is 0 Å². The summed E-state index contributed by atoms with van der Waals surface area (Å²) in [6.45, 7) is 10.2. The molecular formula is C16H29NO2. The summed E-state index contributed by atoms with van der Waals surface area (Å²) in [5.74, 6) is 0.928. The molecule has 0 spiro atoms. The van der Waals surface area contributed by atoms with E-state index >= 15 is 0 Å². The average Bonchev–Trinajstić information content (AvgIpc) is 2.32. The van der Waals surface area contributed by atoms with E-state index in [1.165, 1.54) is 0 Å². The smallest absolute Gasteiger partial charge is 0.226 e. The standard InChI is InChI=1S/C16H29NO2/c1-11(2)7-8-14(18)9-13(5)10-15(12(3)4)16(19)17-6/h10-12,15H,7-9H2,1-6H3,(H,17,19)/b13-10+. The van der Waals surface area contributed by atoms with Crippen molar-refractivity contribution in [2.75, 3.05) is 7.05 Å². The minimum atomic E-state index is -0.150. The highest BCUT2D eigenvalue weighted by molar-refractivity contribution is 5.82. The monoisotopic (exact) mass is 267 g/mol. The van der Waals surface area contributed by atoms with E-state index in [2.05, 4.69) is 19.2 Å². The molecule has 0 saturated carbocycles. The molecule has 0 rings (SSSR count). The Bertz CT molecular complexity index is 330. The number of nitrogens with one attached hydrogen (secondary N) is 1. The fourth-order valence-electron chi connectivity index (χ4n) is 1.95. The van der Waals surface area contributed by atoms with Gasteiger partial charge in [0.1, 0.15) is 5.78 Å². The molecule has 110 valence electrons. The van der Waals surface area contributed by atoms with Crippen molar-refractivity contribution in [2.24, 2.45) is 17.8 Å². The summed E-state index contributed by atoms with van der Waals surface area (Å²) in [5, 5.41) is 2.68. The van der Waals surface area contributed by atoms with Crippen LogP contribution in [0.5, 0.6) is 0 Å². The number of allylic oxidation sites excluding steroid dienone is 1. The number of hydrogen-bond donors (Lipinski definition) is 1. The third-order valence-electron chi connectivity index (χ3n) is 3.21. The maximum absolute atomic E-state index is 11.8. The predicted molar refractivity (Wildman–Crippen MR) is 79.8 cm³/mol. The van der Waals surface area contributed by atoms with Gasteiger partial charge in [-0.15, -0.1) is 0 Å². The highest BCUT2D eigenvalue weighted by Gasteiger charge is 2.19. The normalized spacial score (nSPS) is 13.8. The van der Waals surface area contributed by atoms with Gasteiger partial charge in [-0.05, 0) is 25.2 Å². The molecule has 0 radical (unpaired) electrons. The van der Waals surface area contributed by atoms with E-state index in [1.54, 1.807) is 7.05 Å². The number of carbonyl (C=O) groups is 2. The van der Waals surface area contributed by atoms with Crippen LogP contribution in [-0.4, -0.2) is 18.7 Å². The molecule has 1 N–H and O–H groups in total. The molecule has 0 aromatic heterocycles. The molecule has 1 amide bonds. The molecule has 0 saturated heterocycles. The Morgan fingerprint density at radius 2 is 1.74 bits per heavy atom. The van der Waals surface area contributed by atoms with Gasteiger partial charge < -0.3 is 5.32 Å². The third kappa shape index (κ3) is 7.81. The minimum absolute atomic E-state index is 0.0176. The first-order valence-corrected chi connectivity index (χ1v) is 7.18. The van der Waals surface area contributed by atoms with Gasteiger partial charge in [0, 0.05) is 19.9 Å². The largest absolute Gasteiger partial charge is 0.359 e. The van der Waals surface area contributed by atoms with Crippen molar-refractivity contribution >= 4 is 11.7 Å². The molecule has 0 fully saturated rings. The summed E-state index contributed by atoms with van der Waals surface area (Å²) < 4.78 is 0. The second kappa shape index (κ2) is 8.89. The van der Waals surface area contributed by atoms with E-state index in [4.69, 9.17) is 0 Å². The van der Waals surface area contributed by atoms with Crippen LogP contribution in [0.15, 0.2) is 11.6 Å². The van der Waals surface area contributed by atoms with Gasteiger partial charge >= 0.3 is 0 Å². The number of rotatable bonds is 8. The van der Waals surface area contributed by atoms with E-state index in [-0.39, 0.29) is 23.5 Å². The lowest BCUT2D eigenvalue weighted by molar-refractivity contribution is -0.124. The van der Waals surface area contributed by atoms with Crippen LogP contribution in [0.4, 0.5) is 0 Å². The van der Waals surface area contributed by atoms with Crippen molar-refractivity contribution in [3.8, 4) is 0 Å². The van der Waals surface area contributed by atoms with Crippen LogP contribution in [0.1, 0.15) is 53.9 Å². The summed E-state index contributed by atoms with van der Waals surface area (Å²) in [7, 11) is 1.65. The van der Waals surface area contributed by atoms with E-state index in [0.29, 0.717) is 18.8 Å². The van der Waals surface area contributed by atoms with Gasteiger partial charge in [0.25, 0.3) is 0 Å². The summed E-state index contributed by atoms with van der Waals surface area (Å²) in [5.41, 5.74) is 0.996. The van der Waals surface area contributed by atoms with Gasteiger partial charge in [-0.2, -0.15) is 0 Å². The van der Waals surface area contributed by atoms with E-state index in [9.17, 15) is 9.59 Å². The van der Waals surface area contributed by atoms with Crippen molar-refractivity contribution in [2.45, 2.75) is 53.9 Å².